The normalized spacial score (nSPS) is 11.2. The zero-order valence-electron chi connectivity index (χ0n) is 15.7. The highest BCUT2D eigenvalue weighted by Gasteiger charge is 2.08. The molecular formula is C22H20N6. The molecule has 138 valence electrons. The summed E-state index contributed by atoms with van der Waals surface area (Å²) in [6.07, 6.45) is 5.70. The third-order valence-corrected chi connectivity index (χ3v) is 4.96. The Balaban J connectivity index is 1.46. The quantitative estimate of drug-likeness (QED) is 0.480. The minimum atomic E-state index is 0.714. The molecule has 0 fully saturated rings. The van der Waals surface area contributed by atoms with E-state index in [-0.39, 0.29) is 0 Å². The van der Waals surface area contributed by atoms with Gasteiger partial charge in [0.2, 0.25) is 0 Å². The summed E-state index contributed by atoms with van der Waals surface area (Å²) in [7, 11) is 0. The third-order valence-electron chi connectivity index (χ3n) is 4.96. The fourth-order valence-electron chi connectivity index (χ4n) is 3.61. The van der Waals surface area contributed by atoms with Crippen LogP contribution in [0.1, 0.15) is 11.1 Å². The van der Waals surface area contributed by atoms with Crippen LogP contribution in [-0.2, 0) is 0 Å². The maximum absolute atomic E-state index is 4.37. The van der Waals surface area contributed by atoms with Gasteiger partial charge >= 0.3 is 0 Å². The van der Waals surface area contributed by atoms with Crippen molar-refractivity contribution in [1.82, 2.24) is 19.3 Å². The number of hydrogen-bond donors (Lipinski definition) is 2. The van der Waals surface area contributed by atoms with Gasteiger partial charge in [0.25, 0.3) is 0 Å². The van der Waals surface area contributed by atoms with Gasteiger partial charge in [-0.1, -0.05) is 36.4 Å². The molecule has 6 heteroatoms. The molecule has 0 saturated carbocycles. The first kappa shape index (κ1) is 16.4. The molecule has 2 N–H and O–H groups in total. The highest BCUT2D eigenvalue weighted by atomic mass is 15.4. The molecule has 0 aliphatic carbocycles. The van der Waals surface area contributed by atoms with Gasteiger partial charge in [0, 0.05) is 29.2 Å². The highest BCUT2D eigenvalue weighted by molar-refractivity contribution is 5.85. The molecule has 0 aliphatic heterocycles. The van der Waals surface area contributed by atoms with Crippen LogP contribution in [0.15, 0.2) is 73.3 Å². The molecule has 0 atom stereocenters. The first-order valence-corrected chi connectivity index (χ1v) is 9.18. The smallest absolute Gasteiger partial charge is 0.150 e. The maximum Gasteiger partial charge on any atom is 0.150 e. The highest BCUT2D eigenvalue weighted by Crippen LogP contribution is 2.22. The number of rotatable bonds is 4. The Kier molecular flexibility index (Phi) is 3.76. The lowest BCUT2D eigenvalue weighted by atomic mass is 10.2. The van der Waals surface area contributed by atoms with Gasteiger partial charge in [-0.2, -0.15) is 0 Å². The predicted molar refractivity (Wildman–Crippen MR) is 113 cm³/mol. The van der Waals surface area contributed by atoms with E-state index in [4.69, 9.17) is 0 Å². The molecule has 3 heterocycles. The maximum atomic E-state index is 4.37. The summed E-state index contributed by atoms with van der Waals surface area (Å²) in [5.41, 5.74) is 11.4. The van der Waals surface area contributed by atoms with Crippen LogP contribution in [0.4, 0.5) is 11.6 Å². The van der Waals surface area contributed by atoms with Crippen LogP contribution in [0.2, 0.25) is 0 Å². The molecule has 2 aromatic carbocycles. The zero-order valence-corrected chi connectivity index (χ0v) is 15.7. The van der Waals surface area contributed by atoms with Crippen LogP contribution in [-0.4, -0.2) is 19.3 Å². The molecule has 0 spiro atoms. The lowest BCUT2D eigenvalue weighted by molar-refractivity contribution is 0.954. The summed E-state index contributed by atoms with van der Waals surface area (Å²) in [4.78, 5) is 8.74. The van der Waals surface area contributed by atoms with Crippen LogP contribution >= 0.6 is 0 Å². The van der Waals surface area contributed by atoms with Gasteiger partial charge in [0.15, 0.2) is 0 Å². The standard InChI is InChI=1S/C22H20N6/c1-15-12-27(19-9-5-3-7-17(15)19)25-21-11-22(24-14-23-21)26-28-13-16(2)18-8-4-6-10-20(18)28/h3-14H,1-2H3,(H2,23,24,25,26). The number of aryl methyl sites for hydroxylation is 2. The summed E-state index contributed by atoms with van der Waals surface area (Å²) in [6.45, 7) is 4.21. The zero-order chi connectivity index (χ0) is 19.1. The van der Waals surface area contributed by atoms with Crippen molar-refractivity contribution in [3.63, 3.8) is 0 Å². The average molecular weight is 368 g/mol. The lowest BCUT2D eigenvalue weighted by Gasteiger charge is -2.11. The number of aromatic nitrogens is 4. The van der Waals surface area contributed by atoms with Crippen LogP contribution in [0.3, 0.4) is 0 Å². The fraction of sp³-hybridized carbons (Fsp3) is 0.0909. The monoisotopic (exact) mass is 368 g/mol. The van der Waals surface area contributed by atoms with Crippen molar-refractivity contribution in [1.29, 1.82) is 0 Å². The molecule has 28 heavy (non-hydrogen) atoms. The minimum Gasteiger partial charge on any atom is -0.277 e. The summed E-state index contributed by atoms with van der Waals surface area (Å²) < 4.78 is 3.98. The van der Waals surface area contributed by atoms with Gasteiger partial charge < -0.3 is 0 Å². The van der Waals surface area contributed by atoms with Gasteiger partial charge in [-0.05, 0) is 37.1 Å². The van der Waals surface area contributed by atoms with Crippen LogP contribution < -0.4 is 10.9 Å². The van der Waals surface area contributed by atoms with E-state index >= 15 is 0 Å². The second-order valence-corrected chi connectivity index (χ2v) is 6.91. The van der Waals surface area contributed by atoms with Gasteiger partial charge in [0.05, 0.1) is 11.0 Å². The second kappa shape index (κ2) is 6.42. The van der Waals surface area contributed by atoms with Crippen LogP contribution in [0.5, 0.6) is 0 Å². The van der Waals surface area contributed by atoms with Crippen molar-refractivity contribution in [2.75, 3.05) is 10.9 Å². The van der Waals surface area contributed by atoms with E-state index in [1.807, 2.05) is 27.6 Å². The van der Waals surface area contributed by atoms with Gasteiger partial charge in [-0.15, -0.1) is 0 Å². The molecule has 0 amide bonds. The Labute approximate surface area is 162 Å². The first-order chi connectivity index (χ1) is 13.7. The average Bonchev–Trinajstić information content (AvgIpc) is 3.20. The topological polar surface area (TPSA) is 59.7 Å². The molecule has 5 rings (SSSR count). The number of nitrogens with zero attached hydrogens (tertiary/aromatic N) is 4. The summed E-state index contributed by atoms with van der Waals surface area (Å²) in [5, 5.41) is 2.44. The summed E-state index contributed by atoms with van der Waals surface area (Å²) in [6, 6.07) is 18.5. The number of fused-ring (bicyclic) bond motifs is 2. The van der Waals surface area contributed by atoms with Crippen LogP contribution in [0, 0.1) is 13.8 Å². The lowest BCUT2D eigenvalue weighted by Crippen LogP contribution is -2.12. The van der Waals surface area contributed by atoms with Gasteiger partial charge in [0.1, 0.15) is 18.0 Å². The molecule has 6 nitrogen and oxygen atoms in total. The van der Waals surface area contributed by atoms with E-state index in [0.29, 0.717) is 11.6 Å². The predicted octanol–water partition coefficient (Wildman–Crippen LogP) is 4.75. The number of nitrogens with one attached hydrogen (secondary N) is 2. The van der Waals surface area contributed by atoms with E-state index in [1.165, 1.54) is 21.9 Å². The number of benzene rings is 2. The van der Waals surface area contributed by atoms with Crippen LogP contribution in [0.25, 0.3) is 21.8 Å². The van der Waals surface area contributed by atoms with Crippen molar-refractivity contribution < 1.29 is 0 Å². The molecule has 5 aromatic rings. The molecule has 0 bridgehead atoms. The Morgan fingerprint density at radius 2 is 1.14 bits per heavy atom. The Bertz CT molecular complexity index is 1200. The molecule has 0 saturated heterocycles. The van der Waals surface area contributed by atoms with Gasteiger partial charge in [-0.25, -0.2) is 9.97 Å². The summed E-state index contributed by atoms with van der Waals surface area (Å²) >= 11 is 0. The molecule has 0 aliphatic rings. The summed E-state index contributed by atoms with van der Waals surface area (Å²) in [5.74, 6) is 1.43. The third kappa shape index (κ3) is 2.75. The Morgan fingerprint density at radius 3 is 1.64 bits per heavy atom. The van der Waals surface area contributed by atoms with Crippen molar-refractivity contribution >= 4 is 33.4 Å². The van der Waals surface area contributed by atoms with E-state index in [2.05, 4.69) is 83.5 Å². The molecule has 3 aromatic heterocycles. The SMILES string of the molecule is Cc1cn(Nc2cc(Nn3cc(C)c4ccccc43)ncn2)c2ccccc12. The van der Waals surface area contributed by atoms with Crippen molar-refractivity contribution in [2.45, 2.75) is 13.8 Å². The second-order valence-electron chi connectivity index (χ2n) is 6.91. The Hall–Kier alpha value is -3.80. The number of anilines is 2. The van der Waals surface area contributed by atoms with E-state index < -0.39 is 0 Å². The largest absolute Gasteiger partial charge is 0.277 e. The van der Waals surface area contributed by atoms with E-state index in [0.717, 1.165) is 11.0 Å². The van der Waals surface area contributed by atoms with E-state index in [1.54, 1.807) is 6.33 Å². The molecule has 0 radical (unpaired) electrons. The fourth-order valence-corrected chi connectivity index (χ4v) is 3.61. The first-order valence-electron chi connectivity index (χ1n) is 9.18. The van der Waals surface area contributed by atoms with Crippen molar-refractivity contribution in [2.24, 2.45) is 0 Å². The van der Waals surface area contributed by atoms with Crippen molar-refractivity contribution in [3.05, 3.63) is 84.4 Å². The van der Waals surface area contributed by atoms with Crippen molar-refractivity contribution in [3.8, 4) is 0 Å². The minimum absolute atomic E-state index is 0.714. The number of hydrogen-bond acceptors (Lipinski definition) is 4. The van der Waals surface area contributed by atoms with E-state index in [9.17, 15) is 0 Å². The van der Waals surface area contributed by atoms with Gasteiger partial charge in [-0.3, -0.25) is 20.2 Å². The molecule has 0 unspecified atom stereocenters. The molecular weight excluding hydrogens is 348 g/mol. The number of para-hydroxylation sites is 2. The Morgan fingerprint density at radius 1 is 0.679 bits per heavy atom.